The molecule has 0 saturated heterocycles. The highest BCUT2D eigenvalue weighted by molar-refractivity contribution is 5.76. The van der Waals surface area contributed by atoms with Crippen LogP contribution in [-0.2, 0) is 11.2 Å². The molecule has 0 heterocycles. The van der Waals surface area contributed by atoms with Gasteiger partial charge in [0.05, 0.1) is 19.6 Å². The van der Waals surface area contributed by atoms with E-state index >= 15 is 0 Å². The van der Waals surface area contributed by atoms with E-state index in [1.165, 1.54) is 24.3 Å². The number of aliphatic hydroxyl groups excluding tert-OH is 1. The lowest BCUT2D eigenvalue weighted by atomic mass is 9.84. The van der Waals surface area contributed by atoms with Crippen molar-refractivity contribution >= 4 is 5.91 Å². The summed E-state index contributed by atoms with van der Waals surface area (Å²) in [5, 5.41) is 12.6. The van der Waals surface area contributed by atoms with Crippen molar-refractivity contribution in [1.82, 2.24) is 5.32 Å². The lowest BCUT2D eigenvalue weighted by molar-refractivity contribution is -0.122. The van der Waals surface area contributed by atoms with E-state index in [-0.39, 0.29) is 31.4 Å². The van der Waals surface area contributed by atoms with E-state index in [9.17, 15) is 14.3 Å². The molecular formula is C20H24FNO3. The lowest BCUT2D eigenvalue weighted by Crippen LogP contribution is -2.39. The quantitative estimate of drug-likeness (QED) is 0.735. The highest BCUT2D eigenvalue weighted by Crippen LogP contribution is 2.21. The van der Waals surface area contributed by atoms with Crippen LogP contribution in [0.15, 0.2) is 54.6 Å². The molecule has 5 heteroatoms. The van der Waals surface area contributed by atoms with Gasteiger partial charge in [-0.2, -0.15) is 0 Å². The van der Waals surface area contributed by atoms with Gasteiger partial charge >= 0.3 is 0 Å². The van der Waals surface area contributed by atoms with Crippen LogP contribution in [0.1, 0.15) is 18.9 Å². The minimum atomic E-state index is -0.422. The molecule has 134 valence electrons. The zero-order valence-electron chi connectivity index (χ0n) is 14.4. The van der Waals surface area contributed by atoms with Crippen LogP contribution < -0.4 is 10.1 Å². The summed E-state index contributed by atoms with van der Waals surface area (Å²) in [5.74, 6) is 0.0557. The molecule has 1 atom stereocenters. The van der Waals surface area contributed by atoms with E-state index in [1.54, 1.807) is 0 Å². The van der Waals surface area contributed by atoms with Crippen LogP contribution in [0.25, 0.3) is 0 Å². The van der Waals surface area contributed by atoms with Gasteiger partial charge in [0.15, 0.2) is 0 Å². The van der Waals surface area contributed by atoms with Gasteiger partial charge in [0.1, 0.15) is 11.6 Å². The Bertz CT molecular complexity index is 660. The maximum Gasteiger partial charge on any atom is 0.223 e. The fraction of sp³-hybridized carbons (Fsp3) is 0.350. The normalized spacial score (nSPS) is 13.1. The number of benzene rings is 2. The number of aliphatic hydroxyl groups is 1. The number of rotatable bonds is 9. The maximum atomic E-state index is 12.8. The summed E-state index contributed by atoms with van der Waals surface area (Å²) >= 11 is 0. The van der Waals surface area contributed by atoms with Gasteiger partial charge in [-0.1, -0.05) is 37.3 Å². The van der Waals surface area contributed by atoms with Gasteiger partial charge in [0.2, 0.25) is 5.91 Å². The first-order chi connectivity index (χ1) is 12.0. The van der Waals surface area contributed by atoms with E-state index in [1.807, 2.05) is 37.3 Å². The predicted molar refractivity (Wildman–Crippen MR) is 94.9 cm³/mol. The van der Waals surface area contributed by atoms with Crippen molar-refractivity contribution in [3.05, 3.63) is 66.0 Å². The third kappa shape index (κ3) is 6.55. The van der Waals surface area contributed by atoms with Crippen LogP contribution in [0.3, 0.4) is 0 Å². The maximum absolute atomic E-state index is 12.8. The van der Waals surface area contributed by atoms with Gasteiger partial charge in [-0.05, 0) is 36.2 Å². The summed E-state index contributed by atoms with van der Waals surface area (Å²) in [6.07, 6.45) is 0.876. The molecule has 0 bridgehead atoms. The fourth-order valence-corrected chi connectivity index (χ4v) is 2.46. The molecule has 0 aliphatic heterocycles. The minimum Gasteiger partial charge on any atom is -0.493 e. The molecule has 25 heavy (non-hydrogen) atoms. The van der Waals surface area contributed by atoms with Gasteiger partial charge in [-0.3, -0.25) is 4.79 Å². The minimum absolute atomic E-state index is 0.0196. The highest BCUT2D eigenvalue weighted by atomic mass is 19.1. The largest absolute Gasteiger partial charge is 0.493 e. The SMILES string of the molecule is C[C@](CO)(CNC(=O)CCOc1ccc(F)cc1)Cc1ccccc1. The Kier molecular flexibility index (Phi) is 6.95. The number of nitrogens with one attached hydrogen (secondary N) is 1. The Morgan fingerprint density at radius 2 is 1.84 bits per heavy atom. The predicted octanol–water partition coefficient (Wildman–Crippen LogP) is 2.95. The van der Waals surface area contributed by atoms with Gasteiger partial charge in [0, 0.05) is 12.0 Å². The second-order valence-electron chi connectivity index (χ2n) is 6.46. The van der Waals surface area contributed by atoms with Crippen molar-refractivity contribution < 1.29 is 19.0 Å². The molecule has 0 spiro atoms. The number of amides is 1. The van der Waals surface area contributed by atoms with Gasteiger partial charge < -0.3 is 15.2 Å². The molecule has 0 unspecified atom stereocenters. The average Bonchev–Trinajstić information content (AvgIpc) is 2.63. The summed E-state index contributed by atoms with van der Waals surface area (Å²) in [4.78, 5) is 12.0. The first kappa shape index (κ1) is 18.9. The first-order valence-electron chi connectivity index (χ1n) is 8.31. The van der Waals surface area contributed by atoms with Crippen molar-refractivity contribution in [3.8, 4) is 5.75 Å². The Hall–Kier alpha value is -2.40. The van der Waals surface area contributed by atoms with Crippen molar-refractivity contribution in [1.29, 1.82) is 0 Å². The number of ether oxygens (including phenoxy) is 1. The highest BCUT2D eigenvalue weighted by Gasteiger charge is 2.24. The van der Waals surface area contributed by atoms with Crippen LogP contribution in [0.5, 0.6) is 5.75 Å². The first-order valence-corrected chi connectivity index (χ1v) is 8.31. The van der Waals surface area contributed by atoms with Crippen molar-refractivity contribution in [2.75, 3.05) is 19.8 Å². The summed E-state index contributed by atoms with van der Waals surface area (Å²) in [7, 11) is 0. The molecule has 2 N–H and O–H groups in total. The van der Waals surface area contributed by atoms with E-state index < -0.39 is 5.41 Å². The molecule has 0 radical (unpaired) electrons. The Morgan fingerprint density at radius 1 is 1.16 bits per heavy atom. The molecule has 2 aromatic carbocycles. The molecular weight excluding hydrogens is 321 g/mol. The second kappa shape index (κ2) is 9.18. The van der Waals surface area contributed by atoms with Crippen molar-refractivity contribution in [2.24, 2.45) is 5.41 Å². The van der Waals surface area contributed by atoms with Crippen LogP contribution in [0, 0.1) is 11.2 Å². The number of hydrogen-bond acceptors (Lipinski definition) is 3. The van der Waals surface area contributed by atoms with E-state index in [0.717, 1.165) is 5.56 Å². The molecule has 2 rings (SSSR count). The summed E-state index contributed by atoms with van der Waals surface area (Å²) in [5.41, 5.74) is 0.697. The van der Waals surface area contributed by atoms with Crippen molar-refractivity contribution in [2.45, 2.75) is 19.8 Å². The zero-order chi connectivity index (χ0) is 18.1. The third-order valence-corrected chi connectivity index (χ3v) is 3.98. The topological polar surface area (TPSA) is 58.6 Å². The molecule has 0 fully saturated rings. The number of carbonyl (C=O) groups is 1. The van der Waals surface area contributed by atoms with Gasteiger partial charge in [-0.15, -0.1) is 0 Å². The third-order valence-electron chi connectivity index (χ3n) is 3.98. The summed E-state index contributed by atoms with van der Waals surface area (Å²) < 4.78 is 18.2. The fourth-order valence-electron chi connectivity index (χ4n) is 2.46. The lowest BCUT2D eigenvalue weighted by Gasteiger charge is -2.27. The van der Waals surface area contributed by atoms with E-state index in [2.05, 4.69) is 5.32 Å². The number of hydrogen-bond donors (Lipinski definition) is 2. The molecule has 0 saturated carbocycles. The molecule has 2 aromatic rings. The Balaban J connectivity index is 1.74. The van der Waals surface area contributed by atoms with Gasteiger partial charge in [0.25, 0.3) is 0 Å². The molecule has 0 aromatic heterocycles. The van der Waals surface area contributed by atoms with Crippen LogP contribution in [0.2, 0.25) is 0 Å². The molecule has 0 aliphatic carbocycles. The number of halogens is 1. The summed E-state index contributed by atoms with van der Waals surface area (Å²) in [6, 6.07) is 15.5. The Morgan fingerprint density at radius 3 is 2.48 bits per heavy atom. The monoisotopic (exact) mass is 345 g/mol. The van der Waals surface area contributed by atoms with Crippen LogP contribution in [-0.4, -0.2) is 30.8 Å². The molecule has 4 nitrogen and oxygen atoms in total. The van der Waals surface area contributed by atoms with E-state index in [4.69, 9.17) is 4.74 Å². The zero-order valence-corrected chi connectivity index (χ0v) is 14.4. The van der Waals surface area contributed by atoms with Crippen LogP contribution in [0.4, 0.5) is 4.39 Å². The second-order valence-corrected chi connectivity index (χ2v) is 6.46. The molecule has 0 aliphatic rings. The Labute approximate surface area is 147 Å². The molecule has 1 amide bonds. The summed E-state index contributed by atoms with van der Waals surface area (Å²) in [6.45, 7) is 2.52. The number of carbonyl (C=O) groups excluding carboxylic acids is 1. The average molecular weight is 345 g/mol. The smallest absolute Gasteiger partial charge is 0.223 e. The van der Waals surface area contributed by atoms with Crippen LogP contribution >= 0.6 is 0 Å². The van der Waals surface area contributed by atoms with E-state index in [0.29, 0.717) is 18.7 Å². The van der Waals surface area contributed by atoms with Crippen molar-refractivity contribution in [3.63, 3.8) is 0 Å². The standard InChI is InChI=1S/C20H24FNO3/c1-20(15-23,13-16-5-3-2-4-6-16)14-22-19(24)11-12-25-18-9-7-17(21)8-10-18/h2-10,23H,11-15H2,1H3,(H,22,24)/t20-/m1/s1. The van der Waals surface area contributed by atoms with Gasteiger partial charge in [-0.25, -0.2) is 4.39 Å².